The highest BCUT2D eigenvalue weighted by Crippen LogP contribution is 2.16. The second-order valence-electron chi connectivity index (χ2n) is 10.2. The molecule has 0 aliphatic carbocycles. The van der Waals surface area contributed by atoms with Crippen LogP contribution in [0.4, 0.5) is 5.95 Å². The molecule has 0 aromatic carbocycles. The predicted octanol–water partition coefficient (Wildman–Crippen LogP) is 4.41. The summed E-state index contributed by atoms with van der Waals surface area (Å²) >= 11 is 0. The minimum absolute atomic E-state index is 0.0229. The molecule has 0 aliphatic heterocycles. The minimum Gasteiger partial charge on any atom is -0.466 e. The van der Waals surface area contributed by atoms with Crippen LogP contribution < -0.4 is 11.5 Å². The lowest BCUT2D eigenvalue weighted by Crippen LogP contribution is -2.38. The molecule has 37 heavy (non-hydrogen) atoms. The summed E-state index contributed by atoms with van der Waals surface area (Å²) in [6.45, 7) is 6.84. The molecule has 1 unspecified atom stereocenters. The van der Waals surface area contributed by atoms with E-state index in [9.17, 15) is 9.59 Å². The molecule has 0 aliphatic rings. The summed E-state index contributed by atoms with van der Waals surface area (Å²) in [5.74, 6) is -0.619. The number of nitrogens with two attached hydrogens (primary N) is 2. The van der Waals surface area contributed by atoms with Gasteiger partial charge in [-0.3, -0.25) is 9.59 Å². The number of anilines is 1. The van der Waals surface area contributed by atoms with Crippen LogP contribution >= 0.6 is 0 Å². The van der Waals surface area contributed by atoms with Crippen molar-refractivity contribution in [2.45, 2.75) is 104 Å². The van der Waals surface area contributed by atoms with Gasteiger partial charge in [0.1, 0.15) is 11.6 Å². The van der Waals surface area contributed by atoms with Gasteiger partial charge in [0.15, 0.2) is 5.65 Å². The fraction of sp³-hybridized carbons (Fsp3) is 0.741. The molecule has 10 heteroatoms. The first-order valence-corrected chi connectivity index (χ1v) is 13.8. The summed E-state index contributed by atoms with van der Waals surface area (Å²) in [5, 5.41) is 0. The molecule has 2 atom stereocenters. The van der Waals surface area contributed by atoms with Crippen LogP contribution in [0.2, 0.25) is 0 Å². The molecule has 2 aromatic rings. The van der Waals surface area contributed by atoms with Crippen molar-refractivity contribution in [2.75, 3.05) is 18.9 Å². The third-order valence-corrected chi connectivity index (χ3v) is 6.56. The van der Waals surface area contributed by atoms with Crippen LogP contribution in [0.15, 0.2) is 12.5 Å². The first-order valence-electron chi connectivity index (χ1n) is 13.8. The molecular weight excluding hydrogens is 472 g/mol. The van der Waals surface area contributed by atoms with Gasteiger partial charge in [0.05, 0.1) is 25.7 Å². The standard InChI is InChI=1S/C27H46N6O4/c1-4-5-6-7-8-9-10-11-12-13-23(34)36-15-14-21(18-37-26(35)24(28)20(2)3)17-33-19-31-22-16-30-27(29)32-25(22)33/h16,19-21,24H,4-15,17-18,28H2,1-3H3,(H2,29,30,32)/t21?,24-/m0/s1. The van der Waals surface area contributed by atoms with Crippen LogP contribution in [-0.4, -0.2) is 50.7 Å². The van der Waals surface area contributed by atoms with Crippen molar-refractivity contribution < 1.29 is 19.1 Å². The topological polar surface area (TPSA) is 148 Å². The predicted molar refractivity (Wildman–Crippen MR) is 144 cm³/mol. The maximum Gasteiger partial charge on any atom is 0.323 e. The average molecular weight is 519 g/mol. The number of aromatic nitrogens is 4. The lowest BCUT2D eigenvalue weighted by Gasteiger charge is -2.20. The lowest BCUT2D eigenvalue weighted by atomic mass is 10.1. The molecule has 2 aromatic heterocycles. The first kappa shape index (κ1) is 30.5. The second-order valence-corrected chi connectivity index (χ2v) is 10.2. The molecule has 208 valence electrons. The summed E-state index contributed by atoms with van der Waals surface area (Å²) in [4.78, 5) is 37.1. The third-order valence-electron chi connectivity index (χ3n) is 6.56. The van der Waals surface area contributed by atoms with Gasteiger partial charge in [-0.05, 0) is 18.8 Å². The largest absolute Gasteiger partial charge is 0.466 e. The Labute approximate surface area is 220 Å². The number of hydrogen-bond donors (Lipinski definition) is 2. The van der Waals surface area contributed by atoms with Crippen LogP contribution in [-0.2, 0) is 25.6 Å². The summed E-state index contributed by atoms with van der Waals surface area (Å²) < 4.78 is 12.8. The number of unbranched alkanes of at least 4 members (excludes halogenated alkanes) is 8. The van der Waals surface area contributed by atoms with Crippen molar-refractivity contribution in [1.29, 1.82) is 0 Å². The van der Waals surface area contributed by atoms with Gasteiger partial charge in [0.25, 0.3) is 0 Å². The van der Waals surface area contributed by atoms with Crippen LogP contribution in [0, 0.1) is 11.8 Å². The number of esters is 2. The molecular formula is C27H46N6O4. The van der Waals surface area contributed by atoms with E-state index < -0.39 is 12.0 Å². The number of imidazole rings is 1. The maximum absolute atomic E-state index is 12.3. The highest BCUT2D eigenvalue weighted by Gasteiger charge is 2.22. The molecule has 0 amide bonds. The van der Waals surface area contributed by atoms with Gasteiger partial charge in [-0.2, -0.15) is 4.98 Å². The SMILES string of the molecule is CCCCCCCCCCCC(=O)OCCC(COC(=O)[C@@H](N)C(C)C)Cn1cnc2cnc(N)nc21. The van der Waals surface area contributed by atoms with E-state index in [4.69, 9.17) is 20.9 Å². The van der Waals surface area contributed by atoms with E-state index in [1.54, 1.807) is 12.5 Å². The molecule has 2 rings (SSSR count). The monoisotopic (exact) mass is 518 g/mol. The Balaban J connectivity index is 1.79. The Morgan fingerprint density at radius 3 is 2.35 bits per heavy atom. The highest BCUT2D eigenvalue weighted by molar-refractivity contribution is 5.75. The van der Waals surface area contributed by atoms with Crippen molar-refractivity contribution >= 4 is 29.1 Å². The van der Waals surface area contributed by atoms with E-state index in [2.05, 4.69) is 21.9 Å². The smallest absolute Gasteiger partial charge is 0.323 e. The van der Waals surface area contributed by atoms with Crippen molar-refractivity contribution in [3.8, 4) is 0 Å². The Morgan fingerprint density at radius 1 is 1.00 bits per heavy atom. The number of carbonyl (C=O) groups excluding carboxylic acids is 2. The quantitative estimate of drug-likeness (QED) is 0.204. The average Bonchev–Trinajstić information content (AvgIpc) is 3.26. The van der Waals surface area contributed by atoms with Gasteiger partial charge in [-0.25, -0.2) is 9.97 Å². The number of rotatable bonds is 19. The van der Waals surface area contributed by atoms with Gasteiger partial charge < -0.3 is 25.5 Å². The second kappa shape index (κ2) is 16.9. The lowest BCUT2D eigenvalue weighted by molar-refractivity contribution is -0.149. The molecule has 4 N–H and O–H groups in total. The van der Waals surface area contributed by atoms with Crippen LogP contribution in [0.5, 0.6) is 0 Å². The summed E-state index contributed by atoms with van der Waals surface area (Å²) in [5.41, 5.74) is 12.9. The summed E-state index contributed by atoms with van der Waals surface area (Å²) in [6, 6.07) is -0.684. The van der Waals surface area contributed by atoms with Crippen molar-refractivity contribution in [2.24, 2.45) is 17.6 Å². The zero-order valence-corrected chi connectivity index (χ0v) is 22.9. The van der Waals surface area contributed by atoms with E-state index in [0.717, 1.165) is 19.3 Å². The molecule has 0 fully saturated rings. The number of hydrogen-bond acceptors (Lipinski definition) is 9. The molecule has 0 radical (unpaired) electrons. The fourth-order valence-corrected chi connectivity index (χ4v) is 4.07. The van der Waals surface area contributed by atoms with E-state index in [1.165, 1.54) is 38.5 Å². The van der Waals surface area contributed by atoms with Crippen molar-refractivity contribution in [3.63, 3.8) is 0 Å². The molecule has 2 heterocycles. The van der Waals surface area contributed by atoms with Crippen molar-refractivity contribution in [3.05, 3.63) is 12.5 Å². The Morgan fingerprint density at radius 2 is 1.68 bits per heavy atom. The van der Waals surface area contributed by atoms with Crippen LogP contribution in [0.25, 0.3) is 11.2 Å². The molecule has 10 nitrogen and oxygen atoms in total. The van der Waals surface area contributed by atoms with E-state index in [1.807, 2.05) is 18.4 Å². The maximum atomic E-state index is 12.3. The number of carbonyl (C=O) groups is 2. The van der Waals surface area contributed by atoms with E-state index >= 15 is 0 Å². The molecule has 0 spiro atoms. The molecule has 0 saturated carbocycles. The highest BCUT2D eigenvalue weighted by atomic mass is 16.5. The Bertz CT molecular complexity index is 948. The fourth-order valence-electron chi connectivity index (χ4n) is 4.07. The van der Waals surface area contributed by atoms with Crippen molar-refractivity contribution in [1.82, 2.24) is 19.5 Å². The molecule has 0 bridgehead atoms. The zero-order chi connectivity index (χ0) is 27.0. The van der Waals surface area contributed by atoms with Gasteiger partial charge in [0, 0.05) is 18.9 Å². The van der Waals surface area contributed by atoms with Gasteiger partial charge >= 0.3 is 11.9 Å². The van der Waals surface area contributed by atoms with Gasteiger partial charge in [-0.1, -0.05) is 72.1 Å². The normalized spacial score (nSPS) is 13.1. The zero-order valence-electron chi connectivity index (χ0n) is 22.9. The summed E-state index contributed by atoms with van der Waals surface area (Å²) in [6.07, 6.45) is 15.0. The Hall–Kier alpha value is -2.75. The minimum atomic E-state index is -0.684. The first-order chi connectivity index (χ1) is 17.8. The molecule has 0 saturated heterocycles. The number of ether oxygens (including phenoxy) is 2. The van der Waals surface area contributed by atoms with Gasteiger partial charge in [0.2, 0.25) is 5.95 Å². The third kappa shape index (κ3) is 11.5. The number of nitrogen functional groups attached to an aromatic ring is 1. The van der Waals surface area contributed by atoms with Crippen LogP contribution in [0.1, 0.15) is 91.4 Å². The van der Waals surface area contributed by atoms with Gasteiger partial charge in [-0.15, -0.1) is 0 Å². The van der Waals surface area contributed by atoms with E-state index in [-0.39, 0.29) is 37.0 Å². The number of nitrogens with zero attached hydrogens (tertiary/aromatic N) is 4. The summed E-state index contributed by atoms with van der Waals surface area (Å²) in [7, 11) is 0. The van der Waals surface area contributed by atoms with Crippen LogP contribution in [0.3, 0.4) is 0 Å². The number of fused-ring (bicyclic) bond motifs is 1. The van der Waals surface area contributed by atoms with E-state index in [0.29, 0.717) is 30.6 Å². The Kier molecular flexibility index (Phi) is 13.9.